The Hall–Kier alpha value is -1.66. The van der Waals surface area contributed by atoms with Crippen LogP contribution < -0.4 is 4.74 Å². The molecule has 0 atom stereocenters. The van der Waals surface area contributed by atoms with E-state index in [1.54, 1.807) is 0 Å². The molecule has 0 radical (unpaired) electrons. The van der Waals surface area contributed by atoms with Crippen molar-refractivity contribution >= 4 is 33.2 Å². The zero-order valence-electron chi connectivity index (χ0n) is 9.27. The Morgan fingerprint density at radius 2 is 2.05 bits per heavy atom. The Kier molecular flexibility index (Phi) is 4.01. The van der Waals surface area contributed by atoms with E-state index in [-0.39, 0.29) is 26.7 Å². The molecule has 0 unspecified atom stereocenters. The Balaban J connectivity index is 2.42. The quantitative estimate of drug-likeness (QED) is 0.584. The predicted molar refractivity (Wildman–Crippen MR) is 72.3 cm³/mol. The third-order valence-corrected chi connectivity index (χ3v) is 3.19. The van der Waals surface area contributed by atoms with Crippen LogP contribution in [0.15, 0.2) is 40.9 Å². The smallest absolute Gasteiger partial charge is 0.313 e. The van der Waals surface area contributed by atoms with Gasteiger partial charge in [-0.3, -0.25) is 10.1 Å². The van der Waals surface area contributed by atoms with Gasteiger partial charge in [-0.1, -0.05) is 17.7 Å². The molecular weight excluding hydrogens is 340 g/mol. The van der Waals surface area contributed by atoms with Crippen LogP contribution in [0.2, 0.25) is 5.02 Å². The van der Waals surface area contributed by atoms with E-state index in [0.29, 0.717) is 0 Å². The van der Waals surface area contributed by atoms with E-state index in [1.807, 2.05) is 0 Å². The standard InChI is InChI=1S/C12H6BrClFNO3/c13-8-5-4-7(6-10(8)15)19-12-9(14)2-1-3-11(12)16(17)18/h1-6H. The van der Waals surface area contributed by atoms with Gasteiger partial charge in [-0.15, -0.1) is 0 Å². The molecule has 0 spiro atoms. The van der Waals surface area contributed by atoms with Crippen molar-refractivity contribution in [2.24, 2.45) is 0 Å². The highest BCUT2D eigenvalue weighted by atomic mass is 79.9. The van der Waals surface area contributed by atoms with Crippen LogP contribution in [0.5, 0.6) is 11.5 Å². The Morgan fingerprint density at radius 1 is 1.32 bits per heavy atom. The third kappa shape index (κ3) is 3.02. The Morgan fingerprint density at radius 3 is 2.68 bits per heavy atom. The van der Waals surface area contributed by atoms with E-state index in [9.17, 15) is 14.5 Å². The lowest BCUT2D eigenvalue weighted by Gasteiger charge is -2.08. The van der Waals surface area contributed by atoms with E-state index in [2.05, 4.69) is 15.9 Å². The molecule has 7 heteroatoms. The molecule has 0 aliphatic carbocycles. The van der Waals surface area contributed by atoms with Crippen LogP contribution in [0.1, 0.15) is 0 Å². The highest BCUT2D eigenvalue weighted by molar-refractivity contribution is 9.10. The Labute approximate surface area is 121 Å². The average molecular weight is 347 g/mol. The van der Waals surface area contributed by atoms with Gasteiger partial charge in [0.05, 0.1) is 14.4 Å². The van der Waals surface area contributed by atoms with Gasteiger partial charge in [-0.25, -0.2) is 4.39 Å². The molecule has 0 bridgehead atoms. The maximum atomic E-state index is 13.3. The summed E-state index contributed by atoms with van der Waals surface area (Å²) < 4.78 is 18.9. The van der Waals surface area contributed by atoms with E-state index in [1.165, 1.54) is 30.3 Å². The van der Waals surface area contributed by atoms with Crippen LogP contribution in [0.25, 0.3) is 0 Å². The maximum Gasteiger partial charge on any atom is 0.313 e. The number of rotatable bonds is 3. The lowest BCUT2D eigenvalue weighted by Crippen LogP contribution is -1.94. The zero-order valence-corrected chi connectivity index (χ0v) is 11.6. The zero-order chi connectivity index (χ0) is 14.0. The van der Waals surface area contributed by atoms with Crippen molar-refractivity contribution in [3.8, 4) is 11.5 Å². The van der Waals surface area contributed by atoms with Gasteiger partial charge >= 0.3 is 5.69 Å². The summed E-state index contributed by atoms with van der Waals surface area (Å²) in [6.07, 6.45) is 0. The van der Waals surface area contributed by atoms with Gasteiger partial charge in [0.25, 0.3) is 0 Å². The second-order valence-electron chi connectivity index (χ2n) is 3.52. The summed E-state index contributed by atoms with van der Waals surface area (Å²) in [5.41, 5.74) is -0.282. The summed E-state index contributed by atoms with van der Waals surface area (Å²) in [4.78, 5) is 10.3. The monoisotopic (exact) mass is 345 g/mol. The lowest BCUT2D eigenvalue weighted by atomic mass is 10.3. The van der Waals surface area contributed by atoms with E-state index >= 15 is 0 Å². The fraction of sp³-hybridized carbons (Fsp3) is 0. The number of hydrogen-bond donors (Lipinski definition) is 0. The van der Waals surface area contributed by atoms with Crippen molar-refractivity contribution in [3.05, 3.63) is 61.8 Å². The number of para-hydroxylation sites is 1. The molecule has 0 saturated heterocycles. The van der Waals surface area contributed by atoms with Gasteiger partial charge in [0.2, 0.25) is 5.75 Å². The van der Waals surface area contributed by atoms with E-state index in [4.69, 9.17) is 16.3 Å². The minimum absolute atomic E-state index is 0.0810. The lowest BCUT2D eigenvalue weighted by molar-refractivity contribution is -0.385. The molecule has 0 aliphatic rings. The molecule has 0 aromatic heterocycles. The average Bonchev–Trinajstić information content (AvgIpc) is 2.36. The first kappa shape index (κ1) is 13.8. The van der Waals surface area contributed by atoms with Crippen molar-refractivity contribution in [2.45, 2.75) is 0 Å². The summed E-state index contributed by atoms with van der Waals surface area (Å²) in [6, 6.07) is 8.18. The van der Waals surface area contributed by atoms with Crippen LogP contribution >= 0.6 is 27.5 Å². The summed E-state index contributed by atoms with van der Waals surface area (Å²) >= 11 is 8.86. The van der Waals surface area contributed by atoms with Crippen LogP contribution in [0.4, 0.5) is 10.1 Å². The SMILES string of the molecule is O=[N+]([O-])c1cccc(Cl)c1Oc1ccc(Br)c(F)c1. The molecule has 0 N–H and O–H groups in total. The fourth-order valence-electron chi connectivity index (χ4n) is 1.40. The number of benzene rings is 2. The van der Waals surface area contributed by atoms with Crippen molar-refractivity contribution in [3.63, 3.8) is 0 Å². The van der Waals surface area contributed by atoms with Crippen molar-refractivity contribution in [1.29, 1.82) is 0 Å². The molecule has 19 heavy (non-hydrogen) atoms. The molecule has 98 valence electrons. The molecule has 2 rings (SSSR count). The second kappa shape index (κ2) is 5.54. The largest absolute Gasteiger partial charge is 0.448 e. The number of ether oxygens (including phenoxy) is 1. The number of halogens is 3. The summed E-state index contributed by atoms with van der Waals surface area (Å²) in [5, 5.41) is 11.0. The maximum absolute atomic E-state index is 13.3. The summed E-state index contributed by atoms with van der Waals surface area (Å²) in [5.74, 6) is -0.528. The Bertz CT molecular complexity index is 651. The minimum atomic E-state index is -0.615. The normalized spacial score (nSPS) is 10.3. The fourth-order valence-corrected chi connectivity index (χ4v) is 1.86. The van der Waals surface area contributed by atoms with Crippen LogP contribution in [-0.4, -0.2) is 4.92 Å². The molecule has 0 heterocycles. The molecule has 0 saturated carbocycles. The molecule has 2 aromatic rings. The van der Waals surface area contributed by atoms with Gasteiger partial charge in [0, 0.05) is 12.1 Å². The molecule has 4 nitrogen and oxygen atoms in total. The molecule has 2 aromatic carbocycles. The van der Waals surface area contributed by atoms with Crippen molar-refractivity contribution in [2.75, 3.05) is 0 Å². The van der Waals surface area contributed by atoms with Gasteiger partial charge in [-0.05, 0) is 34.1 Å². The predicted octanol–water partition coefficient (Wildman–Crippen LogP) is 4.94. The topological polar surface area (TPSA) is 52.4 Å². The summed E-state index contributed by atoms with van der Waals surface area (Å²) in [6.45, 7) is 0. The number of nitro benzene ring substituents is 1. The molecular formula is C12H6BrClFNO3. The van der Waals surface area contributed by atoms with Crippen molar-refractivity contribution < 1.29 is 14.1 Å². The van der Waals surface area contributed by atoms with Gasteiger partial charge < -0.3 is 4.74 Å². The first-order chi connectivity index (χ1) is 8.99. The van der Waals surface area contributed by atoms with Crippen LogP contribution in [0, 0.1) is 15.9 Å². The van der Waals surface area contributed by atoms with Crippen LogP contribution in [0.3, 0.4) is 0 Å². The summed E-state index contributed by atoms with van der Waals surface area (Å²) in [7, 11) is 0. The van der Waals surface area contributed by atoms with Gasteiger partial charge in [0.15, 0.2) is 0 Å². The number of nitro groups is 1. The molecule has 0 amide bonds. The molecule has 0 aliphatic heterocycles. The first-order valence-electron chi connectivity index (χ1n) is 5.05. The number of nitrogens with zero attached hydrogens (tertiary/aromatic N) is 1. The number of hydrogen-bond acceptors (Lipinski definition) is 3. The van der Waals surface area contributed by atoms with E-state index in [0.717, 1.165) is 6.07 Å². The third-order valence-electron chi connectivity index (χ3n) is 2.25. The van der Waals surface area contributed by atoms with Crippen molar-refractivity contribution in [1.82, 2.24) is 0 Å². The van der Waals surface area contributed by atoms with Gasteiger partial charge in [-0.2, -0.15) is 0 Å². The minimum Gasteiger partial charge on any atom is -0.448 e. The second-order valence-corrected chi connectivity index (χ2v) is 4.78. The first-order valence-corrected chi connectivity index (χ1v) is 6.22. The highest BCUT2D eigenvalue weighted by Gasteiger charge is 2.19. The highest BCUT2D eigenvalue weighted by Crippen LogP contribution is 2.38. The van der Waals surface area contributed by atoms with Crippen LogP contribution in [-0.2, 0) is 0 Å². The van der Waals surface area contributed by atoms with Gasteiger partial charge in [0.1, 0.15) is 11.6 Å². The molecule has 0 fully saturated rings. The van der Waals surface area contributed by atoms with E-state index < -0.39 is 10.7 Å².